The van der Waals surface area contributed by atoms with Crippen molar-refractivity contribution in [3.63, 3.8) is 0 Å². The number of esters is 1. The molecular weight excluding hydrogens is 462 g/mol. The molecule has 1 fully saturated rings. The van der Waals surface area contributed by atoms with Crippen molar-refractivity contribution in [1.29, 1.82) is 0 Å². The van der Waals surface area contributed by atoms with Gasteiger partial charge in [-0.3, -0.25) is 9.59 Å². The third-order valence-electron chi connectivity index (χ3n) is 6.17. The van der Waals surface area contributed by atoms with Crippen molar-refractivity contribution in [3.8, 4) is 5.88 Å². The fraction of sp³-hybridized carbons (Fsp3) is 0.375. The van der Waals surface area contributed by atoms with Crippen molar-refractivity contribution in [2.45, 2.75) is 24.9 Å². The summed E-state index contributed by atoms with van der Waals surface area (Å²) in [6.45, 7) is 0.303. The van der Waals surface area contributed by atoms with E-state index in [1.54, 1.807) is 12.1 Å². The van der Waals surface area contributed by atoms with Gasteiger partial charge < -0.3 is 14.4 Å². The van der Waals surface area contributed by atoms with E-state index in [-0.39, 0.29) is 66.3 Å². The number of rotatable bonds is 6. The zero-order valence-corrected chi connectivity index (χ0v) is 19.5. The summed E-state index contributed by atoms with van der Waals surface area (Å²) in [7, 11) is 3.98. The lowest BCUT2D eigenvalue weighted by Crippen LogP contribution is -2.45. The van der Waals surface area contributed by atoms with Gasteiger partial charge in [0.1, 0.15) is 22.7 Å². The Morgan fingerprint density at radius 3 is 2.37 bits per heavy atom. The van der Waals surface area contributed by atoms with Crippen LogP contribution in [0.2, 0.25) is 0 Å². The predicted octanol–water partition coefficient (Wildman–Crippen LogP) is 2.66. The van der Waals surface area contributed by atoms with Gasteiger partial charge in [-0.05, 0) is 36.6 Å². The van der Waals surface area contributed by atoms with E-state index >= 15 is 4.39 Å². The molecule has 184 valence electrons. The second kappa shape index (κ2) is 9.40. The molecule has 0 atom stereocenters. The number of methoxy groups -OCH3 is 2. The van der Waals surface area contributed by atoms with E-state index < -0.39 is 23.3 Å². The summed E-state index contributed by atoms with van der Waals surface area (Å²) in [5.41, 5.74) is -0.725. The van der Waals surface area contributed by atoms with E-state index in [1.165, 1.54) is 41.9 Å². The summed E-state index contributed by atoms with van der Waals surface area (Å²) in [6, 6.07) is 7.11. The number of amides is 1. The number of halogens is 2. The molecule has 0 unspecified atom stereocenters. The number of aryl methyl sites for hydroxylation is 1. The van der Waals surface area contributed by atoms with Crippen molar-refractivity contribution >= 4 is 28.7 Å². The molecular formula is C24H24F2N4O5. The second-order valence-corrected chi connectivity index (χ2v) is 8.46. The molecule has 35 heavy (non-hydrogen) atoms. The molecule has 3 heterocycles. The highest BCUT2D eigenvalue weighted by Gasteiger charge is 2.37. The Balaban J connectivity index is 1.58. The van der Waals surface area contributed by atoms with Gasteiger partial charge in [-0.15, -0.1) is 0 Å². The zero-order chi connectivity index (χ0) is 25.3. The summed E-state index contributed by atoms with van der Waals surface area (Å²) in [6.07, 6.45) is 0.334. The monoisotopic (exact) mass is 486 g/mol. The van der Waals surface area contributed by atoms with E-state index in [2.05, 4.69) is 14.8 Å². The van der Waals surface area contributed by atoms with Crippen LogP contribution in [0.15, 0.2) is 30.3 Å². The lowest BCUT2D eigenvalue weighted by Gasteiger charge is -2.36. The Bertz CT molecular complexity index is 1300. The van der Waals surface area contributed by atoms with Crippen molar-refractivity contribution in [1.82, 2.24) is 19.7 Å². The minimum atomic E-state index is -1.52. The molecule has 3 aromatic rings. The second-order valence-electron chi connectivity index (χ2n) is 8.46. The Labute approximate surface area is 199 Å². The number of ketones is 1. The number of aromatic nitrogens is 3. The molecule has 1 aliphatic rings. The number of nitrogens with zero attached hydrogens (tertiary/aromatic N) is 4. The summed E-state index contributed by atoms with van der Waals surface area (Å²) in [5, 5.41) is 4.26. The molecule has 2 aromatic heterocycles. The number of alkyl halides is 1. The van der Waals surface area contributed by atoms with Crippen LogP contribution in [-0.2, 0) is 23.0 Å². The van der Waals surface area contributed by atoms with Gasteiger partial charge in [0.05, 0.1) is 19.6 Å². The van der Waals surface area contributed by atoms with Crippen LogP contribution in [0.5, 0.6) is 5.88 Å². The number of hydrogen-bond acceptors (Lipinski definition) is 7. The van der Waals surface area contributed by atoms with Crippen LogP contribution in [0.4, 0.5) is 8.78 Å². The molecule has 9 nitrogen and oxygen atoms in total. The van der Waals surface area contributed by atoms with Gasteiger partial charge in [-0.25, -0.2) is 18.3 Å². The summed E-state index contributed by atoms with van der Waals surface area (Å²) in [4.78, 5) is 43.3. The van der Waals surface area contributed by atoms with Gasteiger partial charge in [-0.2, -0.15) is 10.1 Å². The number of benzene rings is 1. The Kier molecular flexibility index (Phi) is 6.51. The lowest BCUT2D eigenvalue weighted by atomic mass is 9.87. The first kappa shape index (κ1) is 24.2. The number of carbonyl (C=O) groups is 3. The van der Waals surface area contributed by atoms with Gasteiger partial charge >= 0.3 is 5.97 Å². The van der Waals surface area contributed by atoms with Gasteiger partial charge in [0.2, 0.25) is 5.88 Å². The number of carbonyl (C=O) groups excluding carboxylic acids is 3. The Hall–Kier alpha value is -3.89. The first-order valence-electron chi connectivity index (χ1n) is 10.9. The van der Waals surface area contributed by atoms with E-state index in [1.807, 2.05) is 0 Å². The maximum atomic E-state index is 15.4. The minimum absolute atomic E-state index is 0.0194. The van der Waals surface area contributed by atoms with E-state index in [0.717, 1.165) is 7.11 Å². The van der Waals surface area contributed by atoms with Crippen LogP contribution in [-0.4, -0.2) is 70.3 Å². The Morgan fingerprint density at radius 1 is 1.11 bits per heavy atom. The number of piperidine rings is 1. The summed E-state index contributed by atoms with van der Waals surface area (Å²) < 4.78 is 39.7. The maximum Gasteiger partial charge on any atom is 0.381 e. The number of Topliss-reactive ketones (excluding diaryl/α,β-unsaturated/α-hetero) is 1. The van der Waals surface area contributed by atoms with Crippen molar-refractivity contribution < 1.29 is 32.6 Å². The molecule has 0 spiro atoms. The highest BCUT2D eigenvalue weighted by Crippen LogP contribution is 2.33. The normalized spacial score (nSPS) is 15.2. The smallest absolute Gasteiger partial charge is 0.381 e. The fourth-order valence-corrected chi connectivity index (χ4v) is 4.25. The number of pyridine rings is 1. The Morgan fingerprint density at radius 2 is 1.77 bits per heavy atom. The fourth-order valence-electron chi connectivity index (χ4n) is 4.25. The minimum Gasteiger partial charge on any atom is -0.480 e. The lowest BCUT2D eigenvalue weighted by molar-refractivity contribution is -0.135. The molecule has 4 rings (SSSR count). The van der Waals surface area contributed by atoms with Crippen LogP contribution >= 0.6 is 0 Å². The first-order valence-corrected chi connectivity index (χ1v) is 10.9. The first-order chi connectivity index (χ1) is 16.7. The molecule has 0 radical (unpaired) electrons. The number of hydrogen-bond donors (Lipinski definition) is 0. The molecule has 1 aliphatic heterocycles. The number of likely N-dealkylation sites (tertiary alicyclic amines) is 1. The molecule has 1 amide bonds. The summed E-state index contributed by atoms with van der Waals surface area (Å²) in [5.74, 6) is -2.87. The predicted molar refractivity (Wildman–Crippen MR) is 120 cm³/mol. The van der Waals surface area contributed by atoms with E-state index in [4.69, 9.17) is 4.74 Å². The molecule has 0 saturated carbocycles. The highest BCUT2D eigenvalue weighted by atomic mass is 19.1. The maximum absolute atomic E-state index is 15.4. The summed E-state index contributed by atoms with van der Waals surface area (Å²) >= 11 is 0. The topological polar surface area (TPSA) is 104 Å². The number of fused-ring (bicyclic) bond motifs is 1. The van der Waals surface area contributed by atoms with Crippen LogP contribution in [0.25, 0.3) is 11.0 Å². The molecule has 0 aliphatic carbocycles. The molecule has 1 saturated heterocycles. The van der Waals surface area contributed by atoms with Crippen LogP contribution in [0.3, 0.4) is 0 Å². The number of ether oxygens (including phenoxy) is 2. The third-order valence-corrected chi connectivity index (χ3v) is 6.17. The third kappa shape index (κ3) is 4.71. The average Bonchev–Trinajstić information content (AvgIpc) is 3.18. The largest absolute Gasteiger partial charge is 0.480 e. The van der Waals surface area contributed by atoms with Crippen molar-refractivity contribution in [2.75, 3.05) is 27.3 Å². The van der Waals surface area contributed by atoms with Crippen molar-refractivity contribution in [2.24, 2.45) is 7.05 Å². The van der Waals surface area contributed by atoms with Gasteiger partial charge in [0.15, 0.2) is 5.65 Å². The molecule has 11 heteroatoms. The van der Waals surface area contributed by atoms with Crippen LogP contribution in [0, 0.1) is 5.82 Å². The van der Waals surface area contributed by atoms with Crippen LogP contribution < -0.4 is 4.74 Å². The average molecular weight is 486 g/mol. The van der Waals surface area contributed by atoms with Gasteiger partial charge in [0, 0.05) is 26.6 Å². The van der Waals surface area contributed by atoms with Crippen LogP contribution in [0.1, 0.15) is 39.3 Å². The van der Waals surface area contributed by atoms with Gasteiger partial charge in [-0.1, -0.05) is 12.1 Å². The standard InChI is InChI=1S/C24H24F2N4O5/c1-29-20-16(18(28-29)19(31)23(33)35-3)12-17(21(27-20)34-2)22(32)30-10-8-24(26,9-11-30)13-14-4-6-15(25)7-5-14/h4-7,12H,8-11,13H2,1-3H3. The molecule has 1 aromatic carbocycles. The molecule has 0 N–H and O–H groups in total. The van der Waals surface area contributed by atoms with Gasteiger partial charge in [0.25, 0.3) is 11.7 Å². The van der Waals surface area contributed by atoms with E-state index in [0.29, 0.717) is 5.56 Å². The van der Waals surface area contributed by atoms with Crippen molar-refractivity contribution in [3.05, 3.63) is 53.0 Å². The SMILES string of the molecule is COC(=O)C(=O)c1nn(C)c2nc(OC)c(C(=O)N3CCC(F)(Cc4ccc(F)cc4)CC3)cc12. The molecule has 0 bridgehead atoms. The highest BCUT2D eigenvalue weighted by molar-refractivity contribution is 6.42. The quantitative estimate of drug-likeness (QED) is 0.300. The zero-order valence-electron chi connectivity index (χ0n) is 19.5. The van der Waals surface area contributed by atoms with E-state index in [9.17, 15) is 18.8 Å².